The van der Waals surface area contributed by atoms with Crippen molar-refractivity contribution in [3.8, 4) is 11.5 Å². The van der Waals surface area contributed by atoms with Crippen molar-refractivity contribution in [2.24, 2.45) is 5.10 Å². The van der Waals surface area contributed by atoms with Gasteiger partial charge in [-0.2, -0.15) is 5.10 Å². The molecule has 0 radical (unpaired) electrons. The van der Waals surface area contributed by atoms with Crippen LogP contribution in [0.4, 0.5) is 0 Å². The smallest absolute Gasteiger partial charge is 0.277 e. The number of nitrogens with zero attached hydrogens (tertiary/aromatic N) is 1. The van der Waals surface area contributed by atoms with Gasteiger partial charge in [0.15, 0.2) is 6.61 Å². The van der Waals surface area contributed by atoms with Crippen molar-refractivity contribution in [1.82, 2.24) is 5.43 Å². The Kier molecular flexibility index (Phi) is 6.61. The van der Waals surface area contributed by atoms with Crippen LogP contribution in [0.1, 0.15) is 5.56 Å². The number of hydrogen-bond donors (Lipinski definition) is 2. The maximum absolute atomic E-state index is 11.7. The van der Waals surface area contributed by atoms with E-state index in [0.717, 1.165) is 0 Å². The van der Waals surface area contributed by atoms with Gasteiger partial charge in [0.25, 0.3) is 5.91 Å². The summed E-state index contributed by atoms with van der Waals surface area (Å²) in [5.41, 5.74) is 2.95. The molecule has 0 spiro atoms. The Morgan fingerprint density at radius 1 is 1.22 bits per heavy atom. The normalized spacial score (nSPS) is 10.7. The first kappa shape index (κ1) is 18.0. The van der Waals surface area contributed by atoms with E-state index in [1.54, 1.807) is 18.2 Å². The number of carbonyl (C=O) groups excluding carboxylic acids is 1. The minimum absolute atomic E-state index is 0.0494. The Hall–Kier alpha value is -1.38. The van der Waals surface area contributed by atoms with Gasteiger partial charge in [0.2, 0.25) is 0 Å². The van der Waals surface area contributed by atoms with Crippen molar-refractivity contribution in [2.45, 2.75) is 0 Å². The molecule has 2 aromatic carbocycles. The number of hydrogen-bond acceptors (Lipinski definition) is 4. The predicted octanol–water partition coefficient (Wildman–Crippen LogP) is 4.21. The molecular formula is C15H11Br3N2O3. The summed E-state index contributed by atoms with van der Waals surface area (Å²) in [4.78, 5) is 11.7. The summed E-state index contributed by atoms with van der Waals surface area (Å²) < 4.78 is 7.00. The first-order chi connectivity index (χ1) is 11.0. The molecule has 0 heterocycles. The van der Waals surface area contributed by atoms with Crippen molar-refractivity contribution in [1.29, 1.82) is 0 Å². The first-order valence-electron chi connectivity index (χ1n) is 6.35. The van der Waals surface area contributed by atoms with Crippen LogP contribution in [0.5, 0.6) is 11.5 Å². The number of phenols is 1. The summed E-state index contributed by atoms with van der Waals surface area (Å²) in [6.45, 7) is -0.144. The molecule has 2 rings (SSSR count). The molecule has 120 valence electrons. The molecule has 0 aromatic heterocycles. The average Bonchev–Trinajstić information content (AvgIpc) is 2.55. The minimum Gasteiger partial charge on any atom is -0.506 e. The van der Waals surface area contributed by atoms with Crippen molar-refractivity contribution in [2.75, 3.05) is 6.61 Å². The number of ether oxygens (including phenoxy) is 1. The van der Waals surface area contributed by atoms with Crippen molar-refractivity contribution in [3.63, 3.8) is 0 Å². The van der Waals surface area contributed by atoms with Gasteiger partial charge in [0.05, 0.1) is 15.2 Å². The molecule has 5 nitrogen and oxygen atoms in total. The summed E-state index contributed by atoms with van der Waals surface area (Å²) >= 11 is 9.86. The van der Waals surface area contributed by atoms with Crippen LogP contribution in [-0.4, -0.2) is 23.8 Å². The Balaban J connectivity index is 1.94. The van der Waals surface area contributed by atoms with E-state index < -0.39 is 5.91 Å². The largest absolute Gasteiger partial charge is 0.506 e. The van der Waals surface area contributed by atoms with Gasteiger partial charge in [-0.15, -0.1) is 0 Å². The second-order valence-electron chi connectivity index (χ2n) is 4.31. The molecule has 2 aromatic rings. The van der Waals surface area contributed by atoms with E-state index in [1.807, 2.05) is 18.2 Å². The monoisotopic (exact) mass is 504 g/mol. The summed E-state index contributed by atoms with van der Waals surface area (Å²) in [7, 11) is 0. The van der Waals surface area contributed by atoms with Crippen LogP contribution in [0.25, 0.3) is 0 Å². The molecule has 0 aliphatic carbocycles. The molecule has 0 aliphatic rings. The molecule has 1 amide bonds. The van der Waals surface area contributed by atoms with E-state index in [-0.39, 0.29) is 12.4 Å². The summed E-state index contributed by atoms with van der Waals surface area (Å²) in [6.07, 6.45) is 1.42. The van der Waals surface area contributed by atoms with Crippen LogP contribution in [0.2, 0.25) is 0 Å². The maximum Gasteiger partial charge on any atom is 0.277 e. The van der Waals surface area contributed by atoms with Crippen LogP contribution in [-0.2, 0) is 4.79 Å². The molecular weight excluding hydrogens is 496 g/mol. The quantitative estimate of drug-likeness (QED) is 0.471. The Morgan fingerprint density at radius 2 is 1.91 bits per heavy atom. The number of phenolic OH excluding ortho intramolecular Hbond substituents is 1. The number of nitrogens with one attached hydrogen (secondary N) is 1. The maximum atomic E-state index is 11.7. The highest BCUT2D eigenvalue weighted by molar-refractivity contribution is 9.11. The number of benzene rings is 2. The zero-order valence-electron chi connectivity index (χ0n) is 11.6. The van der Waals surface area contributed by atoms with E-state index >= 15 is 0 Å². The number of halogens is 3. The lowest BCUT2D eigenvalue weighted by Gasteiger charge is -2.07. The van der Waals surface area contributed by atoms with E-state index in [4.69, 9.17) is 4.74 Å². The summed E-state index contributed by atoms with van der Waals surface area (Å²) in [5, 5.41) is 13.7. The minimum atomic E-state index is -0.390. The number of rotatable bonds is 5. The lowest BCUT2D eigenvalue weighted by atomic mass is 10.2. The fraction of sp³-hybridized carbons (Fsp3) is 0.0667. The third kappa shape index (κ3) is 5.05. The van der Waals surface area contributed by atoms with Crippen molar-refractivity contribution < 1.29 is 14.6 Å². The van der Waals surface area contributed by atoms with Gasteiger partial charge < -0.3 is 9.84 Å². The van der Waals surface area contributed by atoms with Crippen LogP contribution >= 0.6 is 47.8 Å². The van der Waals surface area contributed by atoms with Gasteiger partial charge in [0, 0.05) is 10.0 Å². The topological polar surface area (TPSA) is 70.9 Å². The van der Waals surface area contributed by atoms with Gasteiger partial charge >= 0.3 is 0 Å². The average molecular weight is 507 g/mol. The fourth-order valence-corrected chi connectivity index (χ4v) is 3.91. The molecule has 8 heteroatoms. The number of hydrazone groups is 1. The van der Waals surface area contributed by atoms with Crippen LogP contribution in [0.3, 0.4) is 0 Å². The summed E-state index contributed by atoms with van der Waals surface area (Å²) in [6, 6.07) is 10.7. The van der Waals surface area contributed by atoms with E-state index in [0.29, 0.717) is 24.7 Å². The molecule has 2 N–H and O–H groups in total. The molecule has 0 fully saturated rings. The first-order valence-corrected chi connectivity index (χ1v) is 8.73. The zero-order chi connectivity index (χ0) is 16.8. The van der Waals surface area contributed by atoms with Gasteiger partial charge in [-0.05, 0) is 50.1 Å². The van der Waals surface area contributed by atoms with Gasteiger partial charge in [0.1, 0.15) is 11.5 Å². The molecule has 0 unspecified atom stereocenters. The lowest BCUT2D eigenvalue weighted by Crippen LogP contribution is -2.24. The van der Waals surface area contributed by atoms with E-state index in [1.165, 1.54) is 6.21 Å². The SMILES string of the molecule is O=C(COc1ccccc1)NN=Cc1c(Br)cc(Br)c(O)c1Br. The number of para-hydroxylation sites is 1. The Labute approximate surface area is 158 Å². The fourth-order valence-electron chi connectivity index (χ4n) is 1.58. The van der Waals surface area contributed by atoms with Gasteiger partial charge in [-0.3, -0.25) is 4.79 Å². The predicted molar refractivity (Wildman–Crippen MR) is 98.9 cm³/mol. The Bertz CT molecular complexity index is 736. The standard InChI is InChI=1S/C15H11Br3N2O3/c16-11-6-12(17)15(22)14(18)10(11)7-19-20-13(21)8-23-9-4-2-1-3-5-9/h1-7,22H,8H2,(H,20,21). The van der Waals surface area contributed by atoms with Crippen LogP contribution in [0.15, 0.2) is 54.9 Å². The highest BCUT2D eigenvalue weighted by Crippen LogP contribution is 2.38. The summed E-state index contributed by atoms with van der Waals surface area (Å²) in [5.74, 6) is 0.266. The zero-order valence-corrected chi connectivity index (χ0v) is 16.4. The second kappa shape index (κ2) is 8.47. The van der Waals surface area contributed by atoms with E-state index in [2.05, 4.69) is 58.3 Å². The Morgan fingerprint density at radius 3 is 2.61 bits per heavy atom. The van der Waals surface area contributed by atoms with Crippen LogP contribution in [0, 0.1) is 0 Å². The van der Waals surface area contributed by atoms with Gasteiger partial charge in [-0.25, -0.2) is 5.43 Å². The molecule has 0 saturated heterocycles. The lowest BCUT2D eigenvalue weighted by molar-refractivity contribution is -0.123. The molecule has 0 saturated carbocycles. The number of carbonyl (C=O) groups is 1. The second-order valence-corrected chi connectivity index (χ2v) is 6.81. The third-order valence-corrected chi connectivity index (χ3v) is 4.74. The van der Waals surface area contributed by atoms with E-state index in [9.17, 15) is 9.90 Å². The molecule has 0 aliphatic heterocycles. The third-order valence-electron chi connectivity index (χ3n) is 2.68. The molecule has 0 bridgehead atoms. The van der Waals surface area contributed by atoms with Crippen molar-refractivity contribution >= 4 is 59.9 Å². The van der Waals surface area contributed by atoms with Gasteiger partial charge in [-0.1, -0.05) is 34.1 Å². The molecule has 0 atom stereocenters. The van der Waals surface area contributed by atoms with Crippen LogP contribution < -0.4 is 10.2 Å². The molecule has 23 heavy (non-hydrogen) atoms. The van der Waals surface area contributed by atoms with Crippen molar-refractivity contribution in [3.05, 3.63) is 55.4 Å². The highest BCUT2D eigenvalue weighted by Gasteiger charge is 2.12. The highest BCUT2D eigenvalue weighted by atomic mass is 79.9. The number of amides is 1. The number of aromatic hydroxyl groups is 1.